The maximum absolute atomic E-state index is 13.7. The lowest BCUT2D eigenvalue weighted by Crippen LogP contribution is -2.14. The van der Waals surface area contributed by atoms with E-state index in [1.165, 1.54) is 12.1 Å². The number of nitrogens with one attached hydrogen (secondary N) is 6. The van der Waals surface area contributed by atoms with E-state index >= 15 is 0 Å². The Morgan fingerprint density at radius 2 is 1.02 bits per heavy atom. The quantitative estimate of drug-likeness (QED) is 0.0716. The number of nitrogen functional groups attached to an aromatic ring is 1. The minimum Gasteiger partial charge on any atom is -0.399 e. The average Bonchev–Trinajstić information content (AvgIpc) is 3.03. The maximum atomic E-state index is 13.7. The van der Waals surface area contributed by atoms with Crippen LogP contribution in [0.1, 0.15) is 5.56 Å². The molecule has 3 aromatic carbocycles. The molecule has 0 aliphatic heterocycles. The van der Waals surface area contributed by atoms with Crippen LogP contribution in [0.4, 0.5) is 62.8 Å². The summed E-state index contributed by atoms with van der Waals surface area (Å²) in [6, 6.07) is 20.9. The Morgan fingerprint density at radius 3 is 1.57 bits per heavy atom. The third-order valence-corrected chi connectivity index (χ3v) is 6.19. The van der Waals surface area contributed by atoms with Crippen molar-refractivity contribution in [3.05, 3.63) is 84.2 Å². The molecule has 2 aromatic heterocycles. The summed E-state index contributed by atoms with van der Waals surface area (Å²) >= 11 is 0. The van der Waals surface area contributed by atoms with E-state index in [2.05, 4.69) is 61.8 Å². The van der Waals surface area contributed by atoms with Crippen LogP contribution < -0.4 is 37.6 Å². The van der Waals surface area contributed by atoms with Gasteiger partial charge in [-0.15, -0.1) is 0 Å². The van der Waals surface area contributed by atoms with Gasteiger partial charge in [-0.3, -0.25) is 0 Å². The van der Waals surface area contributed by atoms with Gasteiger partial charge >= 0.3 is 0 Å². The number of aromatic nitrogens is 6. The summed E-state index contributed by atoms with van der Waals surface area (Å²) in [5.74, 6) is 1.31. The highest BCUT2D eigenvalue weighted by molar-refractivity contribution is 5.61. The van der Waals surface area contributed by atoms with Crippen molar-refractivity contribution < 1.29 is 14.6 Å². The topological polar surface area (TPSA) is 216 Å². The zero-order valence-corrected chi connectivity index (χ0v) is 24.7. The highest BCUT2D eigenvalue weighted by Crippen LogP contribution is 2.21. The van der Waals surface area contributed by atoms with Gasteiger partial charge in [-0.05, 0) is 60.5 Å². The minimum absolute atomic E-state index is 0.0701. The summed E-state index contributed by atoms with van der Waals surface area (Å²) in [5, 5.41) is 36.8. The van der Waals surface area contributed by atoms with Crippen LogP contribution in [-0.2, 0) is 6.42 Å². The molecule has 5 rings (SSSR count). The van der Waals surface area contributed by atoms with Crippen molar-refractivity contribution in [2.24, 2.45) is 0 Å². The van der Waals surface area contributed by atoms with Crippen molar-refractivity contribution in [3.8, 4) is 0 Å². The number of hydrogen-bond donors (Lipinski definition) is 9. The largest absolute Gasteiger partial charge is 0.399 e. The first-order valence-corrected chi connectivity index (χ1v) is 14.4. The Hall–Kier alpha value is -5.87. The molecule has 238 valence electrons. The van der Waals surface area contributed by atoms with Crippen LogP contribution in [0.5, 0.6) is 0 Å². The zero-order chi connectivity index (χ0) is 32.1. The first kappa shape index (κ1) is 31.6. The fourth-order valence-corrected chi connectivity index (χ4v) is 4.14. The normalized spacial score (nSPS) is 10.7. The van der Waals surface area contributed by atoms with Crippen LogP contribution in [0, 0.1) is 5.82 Å². The van der Waals surface area contributed by atoms with E-state index in [1.807, 2.05) is 36.4 Å². The minimum atomic E-state index is -0.393. The third-order valence-electron chi connectivity index (χ3n) is 6.19. The lowest BCUT2D eigenvalue weighted by atomic mass is 10.1. The van der Waals surface area contributed by atoms with E-state index in [0.717, 1.165) is 16.9 Å². The Balaban J connectivity index is 1.21. The smallest absolute Gasteiger partial charge is 0.233 e. The number of nitrogens with two attached hydrogens (primary N) is 1. The molecule has 0 fully saturated rings. The van der Waals surface area contributed by atoms with Gasteiger partial charge in [0.15, 0.2) is 0 Å². The zero-order valence-electron chi connectivity index (χ0n) is 24.7. The molecule has 0 aliphatic rings. The van der Waals surface area contributed by atoms with Gasteiger partial charge in [0.25, 0.3) is 0 Å². The molecule has 0 aliphatic carbocycles. The van der Waals surface area contributed by atoms with Crippen LogP contribution >= 0.6 is 0 Å². The molecule has 5 aromatic rings. The molecule has 2 heterocycles. The van der Waals surface area contributed by atoms with Crippen molar-refractivity contribution in [3.63, 3.8) is 0 Å². The van der Waals surface area contributed by atoms with Crippen molar-refractivity contribution in [2.45, 2.75) is 6.42 Å². The van der Waals surface area contributed by atoms with E-state index < -0.39 is 5.82 Å². The molecule has 10 N–H and O–H groups in total. The molecule has 0 saturated carbocycles. The molecular weight excluding hydrogens is 593 g/mol. The van der Waals surface area contributed by atoms with Gasteiger partial charge in [0.05, 0.1) is 13.2 Å². The summed E-state index contributed by atoms with van der Waals surface area (Å²) in [4.78, 5) is 26.3. The number of halogens is 1. The number of rotatable bonds is 16. The van der Waals surface area contributed by atoms with Crippen LogP contribution in [0.2, 0.25) is 0 Å². The maximum Gasteiger partial charge on any atom is 0.233 e. The van der Waals surface area contributed by atoms with Crippen molar-refractivity contribution in [1.82, 2.24) is 29.9 Å². The Morgan fingerprint density at radius 1 is 0.543 bits per heavy atom. The van der Waals surface area contributed by atoms with Crippen molar-refractivity contribution in [1.29, 1.82) is 0 Å². The number of hydrogen-bond acceptors (Lipinski definition) is 15. The molecule has 0 saturated heterocycles. The molecule has 0 radical (unpaired) electrons. The molecule has 0 bridgehead atoms. The number of aliphatic hydroxyl groups is 2. The first-order valence-electron chi connectivity index (χ1n) is 14.4. The first-order chi connectivity index (χ1) is 22.4. The second-order valence-electron chi connectivity index (χ2n) is 9.80. The van der Waals surface area contributed by atoms with Crippen LogP contribution in [-0.4, -0.2) is 73.0 Å². The van der Waals surface area contributed by atoms with Gasteiger partial charge in [-0.25, -0.2) is 4.39 Å². The Bertz CT molecular complexity index is 1730. The van der Waals surface area contributed by atoms with Crippen LogP contribution in [0.3, 0.4) is 0 Å². The number of nitrogens with zero attached hydrogens (tertiary/aromatic N) is 6. The fraction of sp³-hybridized carbons (Fsp3) is 0.200. The van der Waals surface area contributed by atoms with Gasteiger partial charge in [-0.2, -0.15) is 29.9 Å². The van der Waals surface area contributed by atoms with Gasteiger partial charge < -0.3 is 47.8 Å². The highest BCUT2D eigenvalue weighted by Gasteiger charge is 2.10. The fourth-order valence-electron chi connectivity index (χ4n) is 4.14. The van der Waals surface area contributed by atoms with Gasteiger partial charge in [-0.1, -0.05) is 24.3 Å². The average molecular weight is 628 g/mol. The second-order valence-corrected chi connectivity index (χ2v) is 9.80. The van der Waals surface area contributed by atoms with Crippen LogP contribution in [0.15, 0.2) is 72.8 Å². The Labute approximate surface area is 264 Å². The van der Waals surface area contributed by atoms with E-state index in [0.29, 0.717) is 42.2 Å². The van der Waals surface area contributed by atoms with E-state index in [-0.39, 0.29) is 44.1 Å². The second kappa shape index (κ2) is 15.7. The number of benzene rings is 3. The molecule has 0 unspecified atom stereocenters. The molecule has 0 atom stereocenters. The third kappa shape index (κ3) is 9.57. The van der Waals surface area contributed by atoms with Gasteiger partial charge in [0, 0.05) is 42.4 Å². The summed E-state index contributed by atoms with van der Waals surface area (Å²) < 4.78 is 13.7. The predicted molar refractivity (Wildman–Crippen MR) is 177 cm³/mol. The van der Waals surface area contributed by atoms with E-state index in [9.17, 15) is 14.6 Å². The lowest BCUT2D eigenvalue weighted by molar-refractivity contribution is 0.310. The predicted octanol–water partition coefficient (Wildman–Crippen LogP) is 3.47. The molecule has 15 nitrogen and oxygen atoms in total. The Kier molecular flexibility index (Phi) is 10.8. The van der Waals surface area contributed by atoms with E-state index in [1.54, 1.807) is 24.3 Å². The van der Waals surface area contributed by atoms with Crippen molar-refractivity contribution in [2.75, 3.05) is 70.5 Å². The lowest BCUT2D eigenvalue weighted by Gasteiger charge is -2.12. The van der Waals surface area contributed by atoms with Crippen LogP contribution in [0.25, 0.3) is 0 Å². The molecule has 0 spiro atoms. The number of aliphatic hydroxyl groups excluding tert-OH is 2. The molecule has 0 amide bonds. The monoisotopic (exact) mass is 627 g/mol. The summed E-state index contributed by atoms with van der Waals surface area (Å²) in [6.45, 7) is 0.900. The van der Waals surface area contributed by atoms with Crippen molar-refractivity contribution >= 4 is 58.4 Å². The SMILES string of the molecule is Nc1cccc(Nc2nc(NCCO)nc(NCCc3ccc(Nc4nc(NCCO)nc(Nc5cccc(F)c5)n4)cc3)n2)c1. The molecular formula is C30H34FN13O2. The summed E-state index contributed by atoms with van der Waals surface area (Å²) in [6.07, 6.45) is 0.673. The summed E-state index contributed by atoms with van der Waals surface area (Å²) in [7, 11) is 0. The standard InChI is InChI=1S/C30H34FN13O2/c31-20-3-1-5-23(17-20)37-30-43-27(35-14-16-46)42-28(44-30)36-22-9-7-19(8-10-22)11-12-33-25-39-26(34-13-15-45)41-29(40-25)38-24-6-2-4-21(32)18-24/h1-10,17-18,45-46H,11-16,32H2,(H3,33,34,38,39,40,41)(H3,35,36,37,42,43,44). The molecule has 16 heteroatoms. The van der Waals surface area contributed by atoms with Gasteiger partial charge in [0.1, 0.15) is 5.82 Å². The van der Waals surface area contributed by atoms with E-state index in [4.69, 9.17) is 5.73 Å². The summed E-state index contributed by atoms with van der Waals surface area (Å²) in [5.41, 5.74) is 9.49. The van der Waals surface area contributed by atoms with Gasteiger partial charge in [0.2, 0.25) is 35.7 Å². The molecule has 46 heavy (non-hydrogen) atoms. The number of anilines is 10. The highest BCUT2D eigenvalue weighted by atomic mass is 19.1.